The van der Waals surface area contributed by atoms with Crippen LogP contribution in [0, 0.1) is 10.8 Å². The number of aromatic nitrogens is 2. The van der Waals surface area contributed by atoms with Gasteiger partial charge in [0.05, 0.1) is 5.56 Å². The Labute approximate surface area is 102 Å². The number of nitrogens with zero attached hydrogens (tertiary/aromatic N) is 2. The third kappa shape index (κ3) is 2.16. The van der Waals surface area contributed by atoms with Gasteiger partial charge in [-0.05, 0) is 17.3 Å². The summed E-state index contributed by atoms with van der Waals surface area (Å²) in [4.78, 5) is 19.7. The van der Waals surface area contributed by atoms with E-state index in [-0.39, 0.29) is 22.8 Å². The van der Waals surface area contributed by atoms with Crippen molar-refractivity contribution in [3.05, 3.63) is 24.3 Å². The van der Waals surface area contributed by atoms with E-state index in [4.69, 9.17) is 0 Å². The van der Waals surface area contributed by atoms with Crippen molar-refractivity contribution in [1.29, 1.82) is 0 Å². The highest BCUT2D eigenvalue weighted by atomic mass is 16.1. The summed E-state index contributed by atoms with van der Waals surface area (Å²) in [6.07, 6.45) is 5.63. The minimum absolute atomic E-state index is 0.0866. The molecule has 4 heteroatoms. The Morgan fingerprint density at radius 2 is 1.76 bits per heavy atom. The maximum Gasteiger partial charge on any atom is 0.254 e. The summed E-state index contributed by atoms with van der Waals surface area (Å²) >= 11 is 0. The van der Waals surface area contributed by atoms with Crippen LogP contribution in [0.1, 0.15) is 44.5 Å². The van der Waals surface area contributed by atoms with Crippen LogP contribution in [0.3, 0.4) is 0 Å². The molecule has 0 unspecified atom stereocenters. The number of hydrogen-bond donors (Lipinski definition) is 1. The first-order valence-corrected chi connectivity index (χ1v) is 5.89. The summed E-state index contributed by atoms with van der Waals surface area (Å²) in [5.41, 5.74) is 0.842. The lowest BCUT2D eigenvalue weighted by Crippen LogP contribution is -2.63. The van der Waals surface area contributed by atoms with Crippen molar-refractivity contribution >= 4 is 5.91 Å². The van der Waals surface area contributed by atoms with Crippen LogP contribution in [0.5, 0.6) is 0 Å². The minimum Gasteiger partial charge on any atom is -0.348 e. The highest BCUT2D eigenvalue weighted by molar-refractivity contribution is 5.93. The van der Waals surface area contributed by atoms with E-state index < -0.39 is 0 Å². The normalized spacial score (nSPS) is 21.6. The molecule has 1 amide bonds. The zero-order valence-corrected chi connectivity index (χ0v) is 10.8. The third-order valence-electron chi connectivity index (χ3n) is 3.57. The van der Waals surface area contributed by atoms with E-state index in [9.17, 15) is 4.79 Å². The highest BCUT2D eigenvalue weighted by Gasteiger charge is 2.53. The van der Waals surface area contributed by atoms with Crippen molar-refractivity contribution in [3.8, 4) is 0 Å². The minimum atomic E-state index is -0.0866. The molecule has 0 aliphatic heterocycles. The Morgan fingerprint density at radius 1 is 1.24 bits per heavy atom. The van der Waals surface area contributed by atoms with E-state index in [1.165, 1.54) is 6.33 Å². The van der Waals surface area contributed by atoms with E-state index in [1.54, 1.807) is 12.4 Å². The topological polar surface area (TPSA) is 54.9 Å². The van der Waals surface area contributed by atoms with Gasteiger partial charge in [0.15, 0.2) is 0 Å². The first-order valence-electron chi connectivity index (χ1n) is 5.89. The van der Waals surface area contributed by atoms with Gasteiger partial charge in [0, 0.05) is 18.4 Å². The van der Waals surface area contributed by atoms with Crippen LogP contribution in [-0.2, 0) is 0 Å². The van der Waals surface area contributed by atoms with Gasteiger partial charge in [-0.1, -0.05) is 27.7 Å². The van der Waals surface area contributed by atoms with Gasteiger partial charge in [-0.25, -0.2) is 9.97 Å². The molecule has 2 rings (SSSR count). The number of hydrogen-bond acceptors (Lipinski definition) is 3. The summed E-state index contributed by atoms with van der Waals surface area (Å²) in [5.74, 6) is -0.0866. The Balaban J connectivity index is 2.10. The van der Waals surface area contributed by atoms with Crippen LogP contribution in [-0.4, -0.2) is 21.9 Å². The Morgan fingerprint density at radius 3 is 2.24 bits per heavy atom. The molecule has 1 aromatic heterocycles. The zero-order valence-electron chi connectivity index (χ0n) is 10.8. The van der Waals surface area contributed by atoms with Gasteiger partial charge in [-0.2, -0.15) is 0 Å². The molecule has 17 heavy (non-hydrogen) atoms. The predicted molar refractivity (Wildman–Crippen MR) is 65.5 cm³/mol. The molecule has 0 bridgehead atoms. The molecule has 4 nitrogen and oxygen atoms in total. The zero-order chi connectivity index (χ0) is 12.7. The Kier molecular flexibility index (Phi) is 2.68. The van der Waals surface area contributed by atoms with Gasteiger partial charge in [0.1, 0.15) is 6.33 Å². The van der Waals surface area contributed by atoms with E-state index >= 15 is 0 Å². The second kappa shape index (κ2) is 3.79. The summed E-state index contributed by atoms with van der Waals surface area (Å²) in [6, 6.07) is 0.197. The van der Waals surface area contributed by atoms with Gasteiger partial charge in [-0.15, -0.1) is 0 Å². The molecule has 0 atom stereocenters. The molecule has 1 fully saturated rings. The summed E-state index contributed by atoms with van der Waals surface area (Å²) < 4.78 is 0. The molecule has 1 aromatic rings. The molecule has 1 aliphatic carbocycles. The van der Waals surface area contributed by atoms with Crippen LogP contribution in [0.2, 0.25) is 0 Å². The second-order valence-corrected chi connectivity index (χ2v) is 6.19. The van der Waals surface area contributed by atoms with Crippen molar-refractivity contribution in [2.45, 2.75) is 40.2 Å². The predicted octanol–water partition coefficient (Wildman–Crippen LogP) is 2.03. The standard InChI is InChI=1S/C13H19N3O/c1-12(2)7-13(3,4)11(12)16-10(17)9-5-14-8-15-6-9/h5-6,8,11H,7H2,1-4H3,(H,16,17). The lowest BCUT2D eigenvalue weighted by Gasteiger charge is -2.57. The molecule has 92 valence electrons. The van der Waals surface area contributed by atoms with Crippen molar-refractivity contribution in [2.24, 2.45) is 10.8 Å². The number of nitrogens with one attached hydrogen (secondary N) is 1. The molecular formula is C13H19N3O. The lowest BCUT2D eigenvalue weighted by atomic mass is 9.52. The molecule has 0 aromatic carbocycles. The average Bonchev–Trinajstić information content (AvgIpc) is 2.25. The average molecular weight is 233 g/mol. The fourth-order valence-corrected chi connectivity index (χ4v) is 3.33. The largest absolute Gasteiger partial charge is 0.348 e. The smallest absolute Gasteiger partial charge is 0.254 e. The molecule has 1 N–H and O–H groups in total. The van der Waals surface area contributed by atoms with Gasteiger partial charge < -0.3 is 5.32 Å². The van der Waals surface area contributed by atoms with Crippen LogP contribution in [0.15, 0.2) is 18.7 Å². The van der Waals surface area contributed by atoms with Crippen molar-refractivity contribution in [3.63, 3.8) is 0 Å². The third-order valence-corrected chi connectivity index (χ3v) is 3.57. The Bertz CT molecular complexity index is 412. The van der Waals surface area contributed by atoms with E-state index in [1.807, 2.05) is 0 Å². The highest BCUT2D eigenvalue weighted by Crippen LogP contribution is 2.53. The number of rotatable bonds is 2. The van der Waals surface area contributed by atoms with Gasteiger partial charge in [0.2, 0.25) is 0 Å². The SMILES string of the molecule is CC1(C)CC(C)(C)C1NC(=O)c1cncnc1. The Hall–Kier alpha value is -1.45. The van der Waals surface area contributed by atoms with E-state index in [0.29, 0.717) is 5.56 Å². The van der Waals surface area contributed by atoms with E-state index in [2.05, 4.69) is 43.0 Å². The monoisotopic (exact) mass is 233 g/mol. The maximum atomic E-state index is 12.0. The number of carbonyl (C=O) groups excluding carboxylic acids is 1. The summed E-state index contributed by atoms with van der Waals surface area (Å²) in [7, 11) is 0. The number of amides is 1. The lowest BCUT2D eigenvalue weighted by molar-refractivity contribution is -0.0366. The van der Waals surface area contributed by atoms with Crippen molar-refractivity contribution in [1.82, 2.24) is 15.3 Å². The van der Waals surface area contributed by atoms with Crippen molar-refractivity contribution in [2.75, 3.05) is 0 Å². The van der Waals surface area contributed by atoms with Crippen LogP contribution in [0.25, 0.3) is 0 Å². The maximum absolute atomic E-state index is 12.0. The molecule has 0 spiro atoms. The summed E-state index contributed by atoms with van der Waals surface area (Å²) in [5, 5.41) is 3.09. The first-order chi connectivity index (χ1) is 7.83. The molecule has 0 radical (unpaired) electrons. The molecule has 1 saturated carbocycles. The summed E-state index contributed by atoms with van der Waals surface area (Å²) in [6.45, 7) is 8.74. The number of carbonyl (C=O) groups is 1. The molecule has 0 saturated heterocycles. The fourth-order valence-electron chi connectivity index (χ4n) is 3.33. The van der Waals surface area contributed by atoms with Crippen LogP contribution < -0.4 is 5.32 Å². The van der Waals surface area contributed by atoms with Crippen LogP contribution >= 0.6 is 0 Å². The molecule has 1 heterocycles. The van der Waals surface area contributed by atoms with E-state index in [0.717, 1.165) is 6.42 Å². The van der Waals surface area contributed by atoms with Gasteiger partial charge in [0.25, 0.3) is 5.91 Å². The molecular weight excluding hydrogens is 214 g/mol. The first kappa shape index (κ1) is 12.0. The van der Waals surface area contributed by atoms with Crippen molar-refractivity contribution < 1.29 is 4.79 Å². The fraction of sp³-hybridized carbons (Fsp3) is 0.615. The van der Waals surface area contributed by atoms with Crippen LogP contribution in [0.4, 0.5) is 0 Å². The second-order valence-electron chi connectivity index (χ2n) is 6.19. The quantitative estimate of drug-likeness (QED) is 0.850. The molecule has 1 aliphatic rings. The van der Waals surface area contributed by atoms with Gasteiger partial charge >= 0.3 is 0 Å². The van der Waals surface area contributed by atoms with Gasteiger partial charge in [-0.3, -0.25) is 4.79 Å².